The molecule has 0 atom stereocenters. The molecule has 0 saturated carbocycles. The number of thiazole rings is 1. The molecule has 1 amide bonds. The molecule has 0 N–H and O–H groups in total. The average Bonchev–Trinajstić information content (AvgIpc) is 3.07. The molecule has 29 heavy (non-hydrogen) atoms. The Labute approximate surface area is 194 Å². The molecule has 0 aliphatic rings. The summed E-state index contributed by atoms with van der Waals surface area (Å²) < 4.78 is 6.16. The fourth-order valence-corrected chi connectivity index (χ4v) is 4.45. The van der Waals surface area contributed by atoms with Crippen LogP contribution in [0.2, 0.25) is 15.1 Å². The fourth-order valence-electron chi connectivity index (χ4n) is 2.64. The van der Waals surface area contributed by atoms with Crippen molar-refractivity contribution in [3.63, 3.8) is 0 Å². The van der Waals surface area contributed by atoms with Gasteiger partial charge in [0.15, 0.2) is 5.13 Å². The summed E-state index contributed by atoms with van der Waals surface area (Å²) in [6.07, 6.45) is 0. The number of methoxy groups -OCH3 is 1. The molecule has 1 heterocycles. The Kier molecular flexibility index (Phi) is 8.40. The third-order valence-corrected chi connectivity index (χ3v) is 6.00. The molecule has 0 saturated heterocycles. The normalized spacial score (nSPS) is 10.9. The summed E-state index contributed by atoms with van der Waals surface area (Å²) >= 11 is 19.9. The molecule has 10 heteroatoms. The van der Waals surface area contributed by atoms with Crippen molar-refractivity contribution in [2.75, 3.05) is 39.2 Å². The topological polar surface area (TPSA) is 45.7 Å². The SMILES string of the molecule is COc1ccc(Cl)c2sc(N(CCN(C)C)C(=O)c3cc(Cl)cc(Cl)c3)nc12.Cl. The number of fused-ring (bicyclic) bond motifs is 1. The second kappa shape index (κ2) is 10.2. The van der Waals surface area contributed by atoms with E-state index in [1.165, 1.54) is 11.3 Å². The van der Waals surface area contributed by atoms with E-state index in [1.807, 2.05) is 19.0 Å². The van der Waals surface area contributed by atoms with E-state index in [9.17, 15) is 4.79 Å². The Morgan fingerprint density at radius 1 is 1.10 bits per heavy atom. The van der Waals surface area contributed by atoms with Crippen LogP contribution in [0.5, 0.6) is 5.75 Å². The van der Waals surface area contributed by atoms with Gasteiger partial charge in [0.25, 0.3) is 5.91 Å². The van der Waals surface area contributed by atoms with Gasteiger partial charge in [0.1, 0.15) is 11.3 Å². The lowest BCUT2D eigenvalue weighted by molar-refractivity contribution is 0.0985. The predicted molar refractivity (Wildman–Crippen MR) is 125 cm³/mol. The van der Waals surface area contributed by atoms with Crippen LogP contribution in [0.1, 0.15) is 10.4 Å². The van der Waals surface area contributed by atoms with Gasteiger partial charge in [-0.2, -0.15) is 0 Å². The molecule has 3 aromatic rings. The summed E-state index contributed by atoms with van der Waals surface area (Å²) in [5.74, 6) is 0.369. The standard InChI is InChI=1S/C19H18Cl3N3O2S.ClH/c1-24(2)6-7-25(18(26)11-8-12(20)10-13(21)9-11)19-23-16-15(27-3)5-4-14(22)17(16)28-19;/h4-5,8-10H,6-7H2,1-3H3;1H. The Bertz CT molecular complexity index is 1010. The van der Waals surface area contributed by atoms with Gasteiger partial charge in [-0.3, -0.25) is 9.69 Å². The summed E-state index contributed by atoms with van der Waals surface area (Å²) in [6, 6.07) is 8.30. The second-order valence-corrected chi connectivity index (χ2v) is 8.60. The lowest BCUT2D eigenvalue weighted by Gasteiger charge is -2.22. The number of ether oxygens (including phenoxy) is 1. The Balaban J connectivity index is 0.00000300. The first-order valence-corrected chi connectivity index (χ1v) is 10.3. The zero-order valence-corrected chi connectivity index (χ0v) is 19.8. The predicted octanol–water partition coefficient (Wildman–Crippen LogP) is 5.90. The molecule has 0 aliphatic heterocycles. The number of carbonyl (C=O) groups excluding carboxylic acids is 1. The van der Waals surface area contributed by atoms with Crippen molar-refractivity contribution in [1.29, 1.82) is 0 Å². The molecule has 0 bridgehead atoms. The van der Waals surface area contributed by atoms with Crippen molar-refractivity contribution in [3.05, 3.63) is 51.0 Å². The molecule has 0 fully saturated rings. The number of benzene rings is 2. The van der Waals surface area contributed by atoms with Crippen LogP contribution in [-0.2, 0) is 0 Å². The first-order valence-electron chi connectivity index (χ1n) is 8.36. The number of amides is 1. The monoisotopic (exact) mass is 493 g/mol. The van der Waals surface area contributed by atoms with Crippen molar-refractivity contribution in [3.8, 4) is 5.75 Å². The lowest BCUT2D eigenvalue weighted by Crippen LogP contribution is -2.36. The van der Waals surface area contributed by atoms with Crippen LogP contribution in [0.4, 0.5) is 5.13 Å². The summed E-state index contributed by atoms with van der Waals surface area (Å²) in [7, 11) is 5.46. The van der Waals surface area contributed by atoms with E-state index in [4.69, 9.17) is 39.5 Å². The van der Waals surface area contributed by atoms with Gasteiger partial charge in [0.2, 0.25) is 0 Å². The zero-order chi connectivity index (χ0) is 20.4. The summed E-state index contributed by atoms with van der Waals surface area (Å²) in [5.41, 5.74) is 1.02. The molecule has 0 aliphatic carbocycles. The van der Waals surface area contributed by atoms with Crippen LogP contribution < -0.4 is 9.64 Å². The minimum Gasteiger partial charge on any atom is -0.494 e. The van der Waals surface area contributed by atoms with Crippen molar-refractivity contribution in [2.45, 2.75) is 0 Å². The highest BCUT2D eigenvalue weighted by molar-refractivity contribution is 7.23. The number of likely N-dealkylation sites (N-methyl/N-ethyl adjacent to an activating group) is 1. The Hall–Kier alpha value is -1.28. The molecule has 0 unspecified atom stereocenters. The number of nitrogens with zero attached hydrogens (tertiary/aromatic N) is 3. The number of hydrogen-bond acceptors (Lipinski definition) is 5. The second-order valence-electron chi connectivity index (χ2n) is 6.34. The minimum atomic E-state index is -0.236. The van der Waals surface area contributed by atoms with Gasteiger partial charge in [-0.15, -0.1) is 12.4 Å². The molecule has 1 aromatic heterocycles. The molecule has 5 nitrogen and oxygen atoms in total. The van der Waals surface area contributed by atoms with Crippen LogP contribution >= 0.6 is 58.5 Å². The smallest absolute Gasteiger partial charge is 0.260 e. The molecule has 156 valence electrons. The van der Waals surface area contributed by atoms with Crippen LogP contribution in [0.25, 0.3) is 10.2 Å². The van der Waals surface area contributed by atoms with Gasteiger partial charge in [0, 0.05) is 28.7 Å². The third-order valence-electron chi connectivity index (χ3n) is 4.02. The maximum Gasteiger partial charge on any atom is 0.260 e. The quantitative estimate of drug-likeness (QED) is 0.428. The minimum absolute atomic E-state index is 0. The number of rotatable bonds is 6. The van der Waals surface area contributed by atoms with Crippen LogP contribution in [0, 0.1) is 0 Å². The third kappa shape index (κ3) is 5.45. The maximum atomic E-state index is 13.3. The van der Waals surface area contributed by atoms with Gasteiger partial charge in [-0.1, -0.05) is 46.1 Å². The Morgan fingerprint density at radius 2 is 1.76 bits per heavy atom. The largest absolute Gasteiger partial charge is 0.494 e. The highest BCUT2D eigenvalue weighted by Crippen LogP contribution is 2.39. The van der Waals surface area contributed by atoms with Gasteiger partial charge >= 0.3 is 0 Å². The average molecular weight is 495 g/mol. The van der Waals surface area contributed by atoms with E-state index in [-0.39, 0.29) is 18.3 Å². The van der Waals surface area contributed by atoms with Crippen LogP contribution in [0.3, 0.4) is 0 Å². The molecule has 3 rings (SSSR count). The van der Waals surface area contributed by atoms with E-state index in [0.717, 1.165) is 4.70 Å². The van der Waals surface area contributed by atoms with E-state index in [0.29, 0.717) is 50.1 Å². The maximum absolute atomic E-state index is 13.3. The van der Waals surface area contributed by atoms with Crippen LogP contribution in [0.15, 0.2) is 30.3 Å². The van der Waals surface area contributed by atoms with Gasteiger partial charge < -0.3 is 9.64 Å². The fraction of sp³-hybridized carbons (Fsp3) is 0.263. The number of halogens is 4. The molecular formula is C19H19Cl4N3O2S. The first kappa shape index (κ1) is 24.0. The van der Waals surface area contributed by atoms with E-state index in [1.54, 1.807) is 42.3 Å². The van der Waals surface area contributed by atoms with Crippen molar-refractivity contribution < 1.29 is 9.53 Å². The van der Waals surface area contributed by atoms with Crippen molar-refractivity contribution in [1.82, 2.24) is 9.88 Å². The number of anilines is 1. The highest BCUT2D eigenvalue weighted by Gasteiger charge is 2.24. The zero-order valence-electron chi connectivity index (χ0n) is 15.9. The first-order chi connectivity index (χ1) is 13.3. The lowest BCUT2D eigenvalue weighted by atomic mass is 10.2. The summed E-state index contributed by atoms with van der Waals surface area (Å²) in [6.45, 7) is 1.09. The van der Waals surface area contributed by atoms with Crippen LogP contribution in [-0.4, -0.2) is 50.1 Å². The van der Waals surface area contributed by atoms with Gasteiger partial charge in [-0.05, 0) is 44.4 Å². The highest BCUT2D eigenvalue weighted by atomic mass is 35.5. The van der Waals surface area contributed by atoms with Crippen molar-refractivity contribution >= 4 is 79.8 Å². The Morgan fingerprint density at radius 3 is 2.34 bits per heavy atom. The van der Waals surface area contributed by atoms with E-state index < -0.39 is 0 Å². The van der Waals surface area contributed by atoms with Gasteiger partial charge in [0.05, 0.1) is 16.8 Å². The molecule has 2 aromatic carbocycles. The van der Waals surface area contributed by atoms with E-state index >= 15 is 0 Å². The molecular weight excluding hydrogens is 476 g/mol. The molecule has 0 radical (unpaired) electrons. The summed E-state index contributed by atoms with van der Waals surface area (Å²) in [5, 5.41) is 1.89. The van der Waals surface area contributed by atoms with E-state index in [2.05, 4.69) is 4.98 Å². The number of aromatic nitrogens is 1. The van der Waals surface area contributed by atoms with Gasteiger partial charge in [-0.25, -0.2) is 4.98 Å². The number of carbonyl (C=O) groups is 1. The van der Waals surface area contributed by atoms with Crippen molar-refractivity contribution in [2.24, 2.45) is 0 Å². The number of hydrogen-bond donors (Lipinski definition) is 0. The molecule has 0 spiro atoms. The summed E-state index contributed by atoms with van der Waals surface area (Å²) in [4.78, 5) is 21.5.